The molecule has 1 aromatic rings. The number of carbonyl (C=O) groups excluding carboxylic acids is 1. The molecule has 2 heterocycles. The van der Waals surface area contributed by atoms with Gasteiger partial charge < -0.3 is 4.74 Å². The molecule has 2 bridgehead atoms. The number of ether oxygens (including phenoxy) is 1. The van der Waals surface area contributed by atoms with Crippen molar-refractivity contribution in [1.82, 2.24) is 4.90 Å². The molecule has 0 radical (unpaired) electrons. The molecule has 0 spiro atoms. The number of hydrogen-bond donors (Lipinski definition) is 0. The molecule has 3 nitrogen and oxygen atoms in total. The second kappa shape index (κ2) is 6.15. The summed E-state index contributed by atoms with van der Waals surface area (Å²) in [6.45, 7) is 0. The van der Waals surface area contributed by atoms with E-state index in [4.69, 9.17) is 4.74 Å². The maximum Gasteiger partial charge on any atom is 0.310 e. The number of benzene rings is 1. The summed E-state index contributed by atoms with van der Waals surface area (Å²) in [5.74, 6) is 0.240. The number of halogens is 1. The summed E-state index contributed by atoms with van der Waals surface area (Å²) in [6.07, 6.45) is 3.39. The van der Waals surface area contributed by atoms with Gasteiger partial charge in [0.05, 0.1) is 13.0 Å². The number of hydrogen-bond acceptors (Lipinski definition) is 3. The van der Waals surface area contributed by atoms with Crippen LogP contribution in [0.5, 0.6) is 0 Å². The van der Waals surface area contributed by atoms with Gasteiger partial charge in [-0.2, -0.15) is 0 Å². The molecule has 0 N–H and O–H groups in total. The maximum absolute atomic E-state index is 12.2. The Balaban J connectivity index is 0.00000147. The van der Waals surface area contributed by atoms with Gasteiger partial charge in [-0.25, -0.2) is 0 Å². The summed E-state index contributed by atoms with van der Waals surface area (Å²) in [5, 5.41) is 0. The van der Waals surface area contributed by atoms with Gasteiger partial charge in [0.15, 0.2) is 0 Å². The lowest BCUT2D eigenvalue weighted by molar-refractivity contribution is -0.150. The number of piperidine rings is 1. The van der Waals surface area contributed by atoms with Crippen LogP contribution in [-0.4, -0.2) is 37.1 Å². The first kappa shape index (κ1) is 15.3. The van der Waals surface area contributed by atoms with E-state index in [1.165, 1.54) is 19.1 Å². The molecule has 2 fully saturated rings. The van der Waals surface area contributed by atoms with Gasteiger partial charge in [-0.05, 0) is 31.9 Å². The minimum Gasteiger partial charge on any atom is -0.469 e. The number of carbonyl (C=O) groups is 1. The van der Waals surface area contributed by atoms with Crippen LogP contribution >= 0.6 is 12.4 Å². The van der Waals surface area contributed by atoms with Crippen molar-refractivity contribution in [1.29, 1.82) is 0 Å². The standard InChI is InChI=1S/C16H21NO2.ClH/c1-17-12-8-9-14(17)15(16(18)19-2)13(10-12)11-6-4-3-5-7-11;/h3-7,12-15H,8-10H2,1-2H3;1H/t12-,13-,14?,15+;/m1./s1. The summed E-state index contributed by atoms with van der Waals surface area (Å²) < 4.78 is 5.07. The SMILES string of the molecule is COC(=O)[C@@H]1C2CC[C@H](C[C@@H]1c1ccccc1)N2C.Cl. The number of nitrogens with zero attached hydrogens (tertiary/aromatic N) is 1. The third kappa shape index (κ3) is 2.45. The lowest BCUT2D eigenvalue weighted by Gasteiger charge is -2.41. The largest absolute Gasteiger partial charge is 0.469 e. The van der Waals surface area contributed by atoms with E-state index in [-0.39, 0.29) is 24.3 Å². The summed E-state index contributed by atoms with van der Waals surface area (Å²) >= 11 is 0. The molecule has 0 saturated carbocycles. The topological polar surface area (TPSA) is 29.5 Å². The summed E-state index contributed by atoms with van der Waals surface area (Å²) in [7, 11) is 3.66. The van der Waals surface area contributed by atoms with Crippen molar-refractivity contribution in [3.05, 3.63) is 35.9 Å². The predicted octanol–water partition coefficient (Wildman–Crippen LogP) is 2.85. The fraction of sp³-hybridized carbons (Fsp3) is 0.562. The molecule has 4 atom stereocenters. The van der Waals surface area contributed by atoms with Gasteiger partial charge in [-0.1, -0.05) is 30.3 Å². The first-order valence-corrected chi connectivity index (χ1v) is 7.07. The van der Waals surface area contributed by atoms with E-state index >= 15 is 0 Å². The zero-order chi connectivity index (χ0) is 13.4. The molecular weight excluding hydrogens is 274 g/mol. The van der Waals surface area contributed by atoms with E-state index in [1.807, 2.05) is 6.07 Å². The molecule has 4 heteroatoms. The fourth-order valence-electron chi connectivity index (χ4n) is 3.97. The smallest absolute Gasteiger partial charge is 0.310 e. The highest BCUT2D eigenvalue weighted by Crippen LogP contribution is 2.46. The molecule has 0 amide bonds. The summed E-state index contributed by atoms with van der Waals surface area (Å²) in [5.41, 5.74) is 1.28. The Morgan fingerprint density at radius 2 is 1.95 bits per heavy atom. The second-order valence-electron chi connectivity index (χ2n) is 5.77. The average Bonchev–Trinajstić information content (AvgIpc) is 2.70. The van der Waals surface area contributed by atoms with Gasteiger partial charge in [0.25, 0.3) is 0 Å². The van der Waals surface area contributed by atoms with E-state index < -0.39 is 0 Å². The Morgan fingerprint density at radius 3 is 2.60 bits per heavy atom. The van der Waals surface area contributed by atoms with Gasteiger partial charge in [0, 0.05) is 18.0 Å². The first-order chi connectivity index (χ1) is 9.22. The number of esters is 1. The maximum atomic E-state index is 12.2. The number of methoxy groups -OCH3 is 1. The van der Waals surface area contributed by atoms with Crippen LogP contribution in [0.25, 0.3) is 0 Å². The van der Waals surface area contributed by atoms with Crippen LogP contribution in [0, 0.1) is 5.92 Å². The van der Waals surface area contributed by atoms with Crippen LogP contribution in [0.4, 0.5) is 0 Å². The molecule has 20 heavy (non-hydrogen) atoms. The highest BCUT2D eigenvalue weighted by atomic mass is 35.5. The number of rotatable bonds is 2. The van der Waals surface area contributed by atoms with Crippen molar-refractivity contribution < 1.29 is 9.53 Å². The van der Waals surface area contributed by atoms with Gasteiger partial charge in [0.2, 0.25) is 0 Å². The highest BCUT2D eigenvalue weighted by molar-refractivity contribution is 5.85. The van der Waals surface area contributed by atoms with Gasteiger partial charge in [-0.3, -0.25) is 9.69 Å². The molecular formula is C16H22ClNO2. The minimum absolute atomic E-state index is 0. The van der Waals surface area contributed by atoms with Crippen molar-refractivity contribution in [2.45, 2.75) is 37.3 Å². The van der Waals surface area contributed by atoms with E-state index in [0.29, 0.717) is 18.0 Å². The fourth-order valence-corrected chi connectivity index (χ4v) is 3.97. The van der Waals surface area contributed by atoms with Crippen molar-refractivity contribution in [3.63, 3.8) is 0 Å². The Kier molecular flexibility index (Phi) is 4.71. The molecule has 3 rings (SSSR count). The van der Waals surface area contributed by atoms with Gasteiger partial charge >= 0.3 is 5.97 Å². The molecule has 2 saturated heterocycles. The summed E-state index contributed by atoms with van der Waals surface area (Å²) in [4.78, 5) is 14.6. The lowest BCUT2D eigenvalue weighted by atomic mass is 9.76. The Bertz CT molecular complexity index is 465. The molecule has 2 aliphatic rings. The Hall–Kier alpha value is -1.06. The molecule has 2 aliphatic heterocycles. The van der Waals surface area contributed by atoms with Crippen molar-refractivity contribution in [3.8, 4) is 0 Å². The molecule has 0 aliphatic carbocycles. The Labute approximate surface area is 126 Å². The zero-order valence-electron chi connectivity index (χ0n) is 12.0. The zero-order valence-corrected chi connectivity index (χ0v) is 12.8. The Morgan fingerprint density at radius 1 is 1.25 bits per heavy atom. The third-order valence-electron chi connectivity index (χ3n) is 4.97. The van der Waals surface area contributed by atoms with E-state index in [2.05, 4.69) is 36.2 Å². The van der Waals surface area contributed by atoms with Crippen LogP contribution in [0.3, 0.4) is 0 Å². The van der Waals surface area contributed by atoms with Crippen molar-refractivity contribution in [2.75, 3.05) is 14.2 Å². The van der Waals surface area contributed by atoms with Gasteiger partial charge in [-0.15, -0.1) is 12.4 Å². The minimum atomic E-state index is -0.0500. The highest BCUT2D eigenvalue weighted by Gasteiger charge is 2.49. The van der Waals surface area contributed by atoms with E-state index in [9.17, 15) is 4.79 Å². The average molecular weight is 296 g/mol. The van der Waals surface area contributed by atoms with E-state index in [1.54, 1.807) is 0 Å². The monoisotopic (exact) mass is 295 g/mol. The number of fused-ring (bicyclic) bond motifs is 2. The van der Waals surface area contributed by atoms with Crippen molar-refractivity contribution in [2.24, 2.45) is 5.92 Å². The molecule has 110 valence electrons. The lowest BCUT2D eigenvalue weighted by Crippen LogP contribution is -2.49. The van der Waals surface area contributed by atoms with Crippen LogP contribution in [0.2, 0.25) is 0 Å². The normalized spacial score (nSPS) is 32.5. The quantitative estimate of drug-likeness (QED) is 0.786. The first-order valence-electron chi connectivity index (χ1n) is 7.07. The molecule has 0 aromatic heterocycles. The second-order valence-corrected chi connectivity index (χ2v) is 5.77. The van der Waals surface area contributed by atoms with Crippen LogP contribution in [-0.2, 0) is 9.53 Å². The predicted molar refractivity (Wildman–Crippen MR) is 81.1 cm³/mol. The van der Waals surface area contributed by atoms with Crippen LogP contribution in [0.15, 0.2) is 30.3 Å². The third-order valence-corrected chi connectivity index (χ3v) is 4.97. The molecule has 1 unspecified atom stereocenters. The van der Waals surface area contributed by atoms with Crippen molar-refractivity contribution >= 4 is 18.4 Å². The van der Waals surface area contributed by atoms with Gasteiger partial charge in [0.1, 0.15) is 0 Å². The molecule has 1 aromatic carbocycles. The summed E-state index contributed by atoms with van der Waals surface area (Å²) in [6, 6.07) is 11.4. The van der Waals surface area contributed by atoms with Crippen LogP contribution < -0.4 is 0 Å². The van der Waals surface area contributed by atoms with Crippen LogP contribution in [0.1, 0.15) is 30.7 Å². The van der Waals surface area contributed by atoms with E-state index in [0.717, 1.165) is 12.8 Å².